The summed E-state index contributed by atoms with van der Waals surface area (Å²) in [6.45, 7) is 4.79. The van der Waals surface area contributed by atoms with E-state index in [-0.39, 0.29) is 11.6 Å². The lowest BCUT2D eigenvalue weighted by molar-refractivity contribution is -0.153. The molecule has 128 valence electrons. The largest absolute Gasteiger partial charge is 0.393 e. The normalized spacial score (nSPS) is 49.8. The molecule has 0 unspecified atom stereocenters. The van der Waals surface area contributed by atoms with E-state index < -0.39 is 0 Å². The maximum absolute atomic E-state index is 12.2. The highest BCUT2D eigenvalue weighted by Crippen LogP contribution is 2.61. The molecule has 1 N–H and O–H groups in total. The third-order valence-corrected chi connectivity index (χ3v) is 8.24. The van der Waals surface area contributed by atoms with Gasteiger partial charge in [-0.3, -0.25) is 4.79 Å². The Labute approximate surface area is 140 Å². The average Bonchev–Trinajstić information content (AvgIpc) is 2.52. The van der Waals surface area contributed by atoms with Crippen molar-refractivity contribution in [3.05, 3.63) is 11.6 Å². The Bertz CT molecular complexity index is 556. The molecule has 1 amide bonds. The summed E-state index contributed by atoms with van der Waals surface area (Å²) in [6.07, 6.45) is 10.7. The van der Waals surface area contributed by atoms with E-state index in [0.29, 0.717) is 23.2 Å². The molecule has 1 heterocycles. The molecule has 0 aromatic rings. The minimum absolute atomic E-state index is 0.0619. The van der Waals surface area contributed by atoms with Gasteiger partial charge in [-0.25, -0.2) is 0 Å². The maximum Gasteiger partial charge on any atom is 0.222 e. The Kier molecular flexibility index (Phi) is 3.46. The summed E-state index contributed by atoms with van der Waals surface area (Å²) in [4.78, 5) is 14.3. The molecule has 1 saturated heterocycles. The number of hydrogen-bond acceptors (Lipinski definition) is 2. The Morgan fingerprint density at radius 1 is 1.17 bits per heavy atom. The van der Waals surface area contributed by atoms with Crippen LogP contribution in [0.5, 0.6) is 0 Å². The summed E-state index contributed by atoms with van der Waals surface area (Å²) in [6, 6.07) is 0. The van der Waals surface area contributed by atoms with Crippen LogP contribution in [0.3, 0.4) is 0 Å². The number of nitrogens with zero attached hydrogens (tertiary/aromatic N) is 1. The van der Waals surface area contributed by atoms with Gasteiger partial charge in [0.05, 0.1) is 6.10 Å². The smallest absolute Gasteiger partial charge is 0.222 e. The first-order valence-corrected chi connectivity index (χ1v) is 9.50. The van der Waals surface area contributed by atoms with Gasteiger partial charge in [0.1, 0.15) is 0 Å². The first-order chi connectivity index (χ1) is 10.9. The highest BCUT2D eigenvalue weighted by molar-refractivity contribution is 5.77. The highest BCUT2D eigenvalue weighted by atomic mass is 16.3. The number of hydrogen-bond donors (Lipinski definition) is 1. The number of carbonyl (C=O) groups is 1. The van der Waals surface area contributed by atoms with Gasteiger partial charge in [0, 0.05) is 19.0 Å². The second kappa shape index (κ2) is 5.08. The van der Waals surface area contributed by atoms with E-state index in [9.17, 15) is 9.90 Å². The minimum Gasteiger partial charge on any atom is -0.393 e. The van der Waals surface area contributed by atoms with Gasteiger partial charge in [-0.1, -0.05) is 18.6 Å². The number of piperidine rings is 1. The zero-order valence-electron chi connectivity index (χ0n) is 14.8. The van der Waals surface area contributed by atoms with Gasteiger partial charge >= 0.3 is 0 Å². The second-order valence-corrected chi connectivity index (χ2v) is 9.04. The predicted molar refractivity (Wildman–Crippen MR) is 90.8 cm³/mol. The molecule has 0 aromatic heterocycles. The van der Waals surface area contributed by atoms with Crippen LogP contribution in [-0.4, -0.2) is 34.6 Å². The Morgan fingerprint density at radius 3 is 2.74 bits per heavy atom. The standard InChI is InChI=1S/C20H31NO2/c1-19-10-8-14(22)12-13(19)4-5-15-16(19)9-11-20(2)17(15)6-7-18(23)21(20)3/h4,14-17,22H,5-12H2,1-3H3/t14-,15+,16-,17+,19+,20+/m0/s1. The molecule has 2 saturated carbocycles. The van der Waals surface area contributed by atoms with E-state index in [2.05, 4.69) is 24.8 Å². The lowest BCUT2D eigenvalue weighted by Gasteiger charge is -2.61. The van der Waals surface area contributed by atoms with Crippen molar-refractivity contribution >= 4 is 5.91 Å². The van der Waals surface area contributed by atoms with Gasteiger partial charge in [0.2, 0.25) is 5.91 Å². The molecule has 3 aliphatic carbocycles. The van der Waals surface area contributed by atoms with E-state index in [1.54, 1.807) is 0 Å². The first-order valence-electron chi connectivity index (χ1n) is 9.50. The highest BCUT2D eigenvalue weighted by Gasteiger charge is 2.57. The summed E-state index contributed by atoms with van der Waals surface area (Å²) >= 11 is 0. The molecule has 3 heteroatoms. The fourth-order valence-electron chi connectivity index (χ4n) is 6.62. The van der Waals surface area contributed by atoms with Crippen LogP contribution >= 0.6 is 0 Å². The third kappa shape index (κ3) is 2.08. The van der Waals surface area contributed by atoms with Crippen molar-refractivity contribution in [1.82, 2.24) is 4.90 Å². The number of carbonyl (C=O) groups excluding carboxylic acids is 1. The number of amides is 1. The SMILES string of the molecule is CN1C(=O)CC[C@@H]2[C@@H]3CC=C4C[C@@H](O)CC[C@@]4(C)[C@H]3CC[C@]21C. The second-order valence-electron chi connectivity index (χ2n) is 9.04. The number of aliphatic hydroxyl groups is 1. The van der Waals surface area contributed by atoms with Crippen LogP contribution < -0.4 is 0 Å². The van der Waals surface area contributed by atoms with Crippen molar-refractivity contribution in [3.63, 3.8) is 0 Å². The molecule has 23 heavy (non-hydrogen) atoms. The van der Waals surface area contributed by atoms with Gasteiger partial charge in [-0.2, -0.15) is 0 Å². The summed E-state index contributed by atoms with van der Waals surface area (Å²) in [5.41, 5.74) is 1.89. The van der Waals surface area contributed by atoms with Crippen LogP contribution in [0.4, 0.5) is 0 Å². The molecule has 3 fully saturated rings. The third-order valence-electron chi connectivity index (χ3n) is 8.24. The van der Waals surface area contributed by atoms with Crippen molar-refractivity contribution in [2.45, 2.75) is 76.9 Å². The zero-order valence-corrected chi connectivity index (χ0v) is 14.8. The Hall–Kier alpha value is -0.830. The quantitative estimate of drug-likeness (QED) is 0.694. The minimum atomic E-state index is -0.127. The van der Waals surface area contributed by atoms with E-state index in [0.717, 1.165) is 50.9 Å². The van der Waals surface area contributed by atoms with E-state index >= 15 is 0 Å². The summed E-state index contributed by atoms with van der Waals surface area (Å²) in [7, 11) is 2.03. The van der Waals surface area contributed by atoms with E-state index in [1.807, 2.05) is 7.05 Å². The van der Waals surface area contributed by atoms with Crippen LogP contribution in [0.15, 0.2) is 11.6 Å². The summed E-state index contributed by atoms with van der Waals surface area (Å²) in [5.74, 6) is 2.44. The maximum atomic E-state index is 12.2. The van der Waals surface area contributed by atoms with Crippen LogP contribution in [0.1, 0.15) is 65.2 Å². The molecule has 0 aromatic carbocycles. The molecule has 0 radical (unpaired) electrons. The molecule has 1 aliphatic heterocycles. The van der Waals surface area contributed by atoms with Crippen molar-refractivity contribution in [3.8, 4) is 0 Å². The van der Waals surface area contributed by atoms with Crippen LogP contribution in [0.2, 0.25) is 0 Å². The van der Waals surface area contributed by atoms with Crippen LogP contribution in [-0.2, 0) is 4.79 Å². The number of allylic oxidation sites excluding steroid dienone is 1. The van der Waals surface area contributed by atoms with Crippen LogP contribution in [0.25, 0.3) is 0 Å². The molecule has 4 aliphatic rings. The zero-order chi connectivity index (χ0) is 16.4. The monoisotopic (exact) mass is 317 g/mol. The van der Waals surface area contributed by atoms with E-state index in [1.165, 1.54) is 12.0 Å². The molecular formula is C20H31NO2. The van der Waals surface area contributed by atoms with Crippen LogP contribution in [0, 0.1) is 23.2 Å². The van der Waals surface area contributed by atoms with Gasteiger partial charge in [0.25, 0.3) is 0 Å². The number of rotatable bonds is 0. The summed E-state index contributed by atoms with van der Waals surface area (Å²) < 4.78 is 0. The van der Waals surface area contributed by atoms with Crippen molar-refractivity contribution < 1.29 is 9.90 Å². The van der Waals surface area contributed by atoms with Gasteiger partial charge < -0.3 is 10.0 Å². The summed E-state index contributed by atoms with van der Waals surface area (Å²) in [5, 5.41) is 10.1. The average molecular weight is 317 g/mol. The Balaban J connectivity index is 1.68. The molecular weight excluding hydrogens is 286 g/mol. The lowest BCUT2D eigenvalue weighted by Crippen LogP contribution is -2.62. The lowest BCUT2D eigenvalue weighted by atomic mass is 9.48. The number of likely N-dealkylation sites (tertiary alicyclic amines) is 1. The van der Waals surface area contributed by atoms with Crippen molar-refractivity contribution in [2.75, 3.05) is 7.05 Å². The molecule has 0 spiro atoms. The first kappa shape index (κ1) is 15.7. The van der Waals surface area contributed by atoms with Crippen molar-refractivity contribution in [2.24, 2.45) is 23.2 Å². The topological polar surface area (TPSA) is 40.5 Å². The fourth-order valence-corrected chi connectivity index (χ4v) is 6.62. The van der Waals surface area contributed by atoms with Gasteiger partial charge in [-0.15, -0.1) is 0 Å². The molecule has 4 rings (SSSR count). The van der Waals surface area contributed by atoms with Crippen molar-refractivity contribution in [1.29, 1.82) is 0 Å². The number of fused-ring (bicyclic) bond motifs is 5. The Morgan fingerprint density at radius 2 is 1.96 bits per heavy atom. The number of aliphatic hydroxyl groups excluding tert-OH is 1. The van der Waals surface area contributed by atoms with E-state index in [4.69, 9.17) is 0 Å². The predicted octanol–water partition coefficient (Wildman–Crippen LogP) is 3.52. The molecule has 3 nitrogen and oxygen atoms in total. The molecule has 0 bridgehead atoms. The molecule has 6 atom stereocenters. The fraction of sp³-hybridized carbons (Fsp3) is 0.850. The van der Waals surface area contributed by atoms with Gasteiger partial charge in [-0.05, 0) is 75.0 Å². The van der Waals surface area contributed by atoms with Gasteiger partial charge in [0.15, 0.2) is 0 Å².